The molecule has 3 rings (SSSR count). The van der Waals surface area contributed by atoms with Gasteiger partial charge in [0.2, 0.25) is 5.91 Å². The summed E-state index contributed by atoms with van der Waals surface area (Å²) in [6.45, 7) is 5.78. The van der Waals surface area contributed by atoms with Gasteiger partial charge in [0.15, 0.2) is 5.82 Å². The molecule has 0 aliphatic rings. The zero-order valence-corrected chi connectivity index (χ0v) is 16.3. The third-order valence-corrected chi connectivity index (χ3v) is 4.92. The van der Waals surface area contributed by atoms with E-state index in [1.54, 1.807) is 46.7 Å². The number of hydrogen-bond acceptors (Lipinski definition) is 3. The molecule has 0 aliphatic carbocycles. The zero-order valence-electron chi connectivity index (χ0n) is 14.7. The van der Waals surface area contributed by atoms with Gasteiger partial charge in [-0.25, -0.2) is 4.39 Å². The second kappa shape index (κ2) is 7.41. The first kappa shape index (κ1) is 18.3. The van der Waals surface area contributed by atoms with Crippen molar-refractivity contribution in [3.05, 3.63) is 63.8 Å². The highest BCUT2D eigenvalue weighted by Gasteiger charge is 2.18. The number of aryl methyl sites for hydroxylation is 2. The molecule has 1 aromatic carbocycles. The summed E-state index contributed by atoms with van der Waals surface area (Å²) in [6.07, 6.45) is 1.77. The molecule has 1 amide bonds. The Kier molecular flexibility index (Phi) is 5.22. The Morgan fingerprint density at radius 3 is 2.69 bits per heavy atom. The zero-order chi connectivity index (χ0) is 18.8. The number of anilines is 1. The number of carbonyl (C=O) groups is 1. The van der Waals surface area contributed by atoms with E-state index in [-0.39, 0.29) is 11.7 Å². The van der Waals surface area contributed by atoms with Crippen LogP contribution in [0.1, 0.15) is 29.9 Å². The summed E-state index contributed by atoms with van der Waals surface area (Å²) in [5, 5.41) is 11.5. The minimum atomic E-state index is -0.489. The summed E-state index contributed by atoms with van der Waals surface area (Å²) in [4.78, 5) is 12.5. The Labute approximate surface area is 159 Å². The second-order valence-corrected chi connectivity index (χ2v) is 6.98. The Morgan fingerprint density at radius 2 is 2.04 bits per heavy atom. The summed E-state index contributed by atoms with van der Waals surface area (Å²) in [6, 6.07) is 7.84. The lowest BCUT2D eigenvalue weighted by molar-refractivity contribution is -0.119. The Balaban J connectivity index is 1.72. The third-order valence-electron chi connectivity index (χ3n) is 4.14. The van der Waals surface area contributed by atoms with Crippen LogP contribution in [0.3, 0.4) is 0 Å². The second-order valence-electron chi connectivity index (χ2n) is 6.13. The Morgan fingerprint density at radius 1 is 1.31 bits per heavy atom. The van der Waals surface area contributed by atoms with E-state index in [2.05, 4.69) is 31.4 Å². The van der Waals surface area contributed by atoms with Gasteiger partial charge in [-0.3, -0.25) is 14.2 Å². The molecule has 0 aliphatic heterocycles. The standard InChI is InChI=1S/C18H19BrFN5O/c1-11-8-17(23-24(11)9-14-6-4-5-7-16(14)20)21-18(26)13(3)25-10-15(19)12(2)22-25/h4-8,10,13H,9H2,1-3H3,(H,21,23,26). The SMILES string of the molecule is Cc1nn(C(C)C(=O)Nc2cc(C)n(Cc3ccccc3F)n2)cc1Br. The van der Waals surface area contributed by atoms with Crippen LogP contribution in [0.4, 0.5) is 10.2 Å². The van der Waals surface area contributed by atoms with Crippen molar-refractivity contribution in [3.63, 3.8) is 0 Å². The number of halogens is 2. The molecule has 2 aromatic heterocycles. The van der Waals surface area contributed by atoms with E-state index in [1.807, 2.05) is 13.8 Å². The maximum Gasteiger partial charge on any atom is 0.250 e. The average molecular weight is 420 g/mol. The first-order chi connectivity index (χ1) is 12.3. The molecule has 1 atom stereocenters. The molecule has 26 heavy (non-hydrogen) atoms. The van der Waals surface area contributed by atoms with Crippen molar-refractivity contribution in [1.82, 2.24) is 19.6 Å². The number of carbonyl (C=O) groups excluding carboxylic acids is 1. The fraction of sp³-hybridized carbons (Fsp3) is 0.278. The maximum atomic E-state index is 13.8. The molecule has 3 aromatic rings. The van der Waals surface area contributed by atoms with Crippen LogP contribution in [0, 0.1) is 19.7 Å². The molecule has 6 nitrogen and oxygen atoms in total. The van der Waals surface area contributed by atoms with Crippen molar-refractivity contribution >= 4 is 27.7 Å². The molecule has 136 valence electrons. The summed E-state index contributed by atoms with van der Waals surface area (Å²) < 4.78 is 17.9. The minimum Gasteiger partial charge on any atom is -0.307 e. The van der Waals surface area contributed by atoms with Crippen LogP contribution in [-0.2, 0) is 11.3 Å². The molecule has 8 heteroatoms. The van der Waals surface area contributed by atoms with Gasteiger partial charge >= 0.3 is 0 Å². The van der Waals surface area contributed by atoms with Crippen molar-refractivity contribution in [2.24, 2.45) is 0 Å². The van der Waals surface area contributed by atoms with Crippen molar-refractivity contribution < 1.29 is 9.18 Å². The lowest BCUT2D eigenvalue weighted by atomic mass is 10.2. The van der Waals surface area contributed by atoms with Crippen molar-refractivity contribution in [2.75, 3.05) is 5.32 Å². The van der Waals surface area contributed by atoms with Crippen molar-refractivity contribution in [3.8, 4) is 0 Å². The molecule has 0 bridgehead atoms. The summed E-state index contributed by atoms with van der Waals surface area (Å²) in [7, 11) is 0. The van der Waals surface area contributed by atoms with Gasteiger partial charge in [0.05, 0.1) is 16.7 Å². The van der Waals surface area contributed by atoms with Crippen LogP contribution < -0.4 is 5.32 Å². The quantitative estimate of drug-likeness (QED) is 0.682. The number of nitrogens with zero attached hydrogens (tertiary/aromatic N) is 4. The fourth-order valence-corrected chi connectivity index (χ4v) is 2.82. The highest BCUT2D eigenvalue weighted by Crippen LogP contribution is 2.18. The number of amides is 1. The van der Waals surface area contributed by atoms with Crippen LogP contribution in [-0.4, -0.2) is 25.5 Å². The van der Waals surface area contributed by atoms with Gasteiger partial charge in [0.1, 0.15) is 11.9 Å². The molecule has 0 radical (unpaired) electrons. The van der Waals surface area contributed by atoms with E-state index >= 15 is 0 Å². The van der Waals surface area contributed by atoms with Gasteiger partial charge < -0.3 is 5.32 Å². The molecular weight excluding hydrogens is 401 g/mol. The number of nitrogens with one attached hydrogen (secondary N) is 1. The highest BCUT2D eigenvalue weighted by atomic mass is 79.9. The highest BCUT2D eigenvalue weighted by molar-refractivity contribution is 9.10. The smallest absolute Gasteiger partial charge is 0.250 e. The normalized spacial score (nSPS) is 12.2. The summed E-state index contributed by atoms with van der Waals surface area (Å²) >= 11 is 3.39. The largest absolute Gasteiger partial charge is 0.307 e. The topological polar surface area (TPSA) is 64.7 Å². The molecule has 0 saturated heterocycles. The average Bonchev–Trinajstić information content (AvgIpc) is 3.11. The van der Waals surface area contributed by atoms with Gasteiger partial charge in [-0.1, -0.05) is 18.2 Å². The summed E-state index contributed by atoms with van der Waals surface area (Å²) in [5.74, 6) is -0.0737. The third kappa shape index (κ3) is 3.85. The Hall–Kier alpha value is -2.48. The van der Waals surface area contributed by atoms with E-state index in [9.17, 15) is 9.18 Å². The molecule has 2 heterocycles. The molecule has 0 saturated carbocycles. The van der Waals surface area contributed by atoms with Crippen LogP contribution in [0.2, 0.25) is 0 Å². The van der Waals surface area contributed by atoms with Gasteiger partial charge in [0.25, 0.3) is 0 Å². The van der Waals surface area contributed by atoms with Crippen LogP contribution in [0.5, 0.6) is 0 Å². The van der Waals surface area contributed by atoms with Crippen LogP contribution >= 0.6 is 15.9 Å². The Bertz CT molecular complexity index is 929. The maximum absolute atomic E-state index is 13.8. The first-order valence-corrected chi connectivity index (χ1v) is 8.94. The fourth-order valence-electron chi connectivity index (χ4n) is 2.53. The van der Waals surface area contributed by atoms with E-state index in [0.717, 1.165) is 15.9 Å². The van der Waals surface area contributed by atoms with Crippen LogP contribution in [0.15, 0.2) is 41.0 Å². The first-order valence-electron chi connectivity index (χ1n) is 8.15. The predicted molar refractivity (Wildman–Crippen MR) is 100 cm³/mol. The minimum absolute atomic E-state index is 0.226. The van der Waals surface area contributed by atoms with Gasteiger partial charge in [-0.15, -0.1) is 0 Å². The van der Waals surface area contributed by atoms with E-state index in [0.29, 0.717) is 17.9 Å². The molecular formula is C18H19BrFN5O. The lowest BCUT2D eigenvalue weighted by Crippen LogP contribution is -2.24. The number of aromatic nitrogens is 4. The molecule has 0 spiro atoms. The van der Waals surface area contributed by atoms with Crippen molar-refractivity contribution in [1.29, 1.82) is 0 Å². The van der Waals surface area contributed by atoms with E-state index in [4.69, 9.17) is 0 Å². The van der Waals surface area contributed by atoms with E-state index in [1.165, 1.54) is 6.07 Å². The number of hydrogen-bond donors (Lipinski definition) is 1. The van der Waals surface area contributed by atoms with E-state index < -0.39 is 6.04 Å². The monoisotopic (exact) mass is 419 g/mol. The molecule has 1 N–H and O–H groups in total. The van der Waals surface area contributed by atoms with Crippen molar-refractivity contribution in [2.45, 2.75) is 33.4 Å². The van der Waals surface area contributed by atoms with Crippen LogP contribution in [0.25, 0.3) is 0 Å². The molecule has 0 fully saturated rings. The van der Waals surface area contributed by atoms with Gasteiger partial charge in [-0.05, 0) is 42.8 Å². The molecule has 1 unspecified atom stereocenters. The lowest BCUT2D eigenvalue weighted by Gasteiger charge is -2.11. The summed E-state index contributed by atoms with van der Waals surface area (Å²) in [5.41, 5.74) is 2.19. The number of benzene rings is 1. The van der Waals surface area contributed by atoms with Gasteiger partial charge in [-0.2, -0.15) is 10.2 Å². The predicted octanol–water partition coefficient (Wildman–Crippen LogP) is 3.85. The number of rotatable bonds is 5. The van der Waals surface area contributed by atoms with Gasteiger partial charge in [0, 0.05) is 23.5 Å².